The van der Waals surface area contributed by atoms with Crippen molar-refractivity contribution in [3.8, 4) is 0 Å². The topological polar surface area (TPSA) is 48.3 Å². The van der Waals surface area contributed by atoms with Gasteiger partial charge in [-0.1, -0.05) is 18.5 Å². The van der Waals surface area contributed by atoms with Crippen molar-refractivity contribution in [1.82, 2.24) is 15.1 Å². The summed E-state index contributed by atoms with van der Waals surface area (Å²) in [6.45, 7) is 5.96. The van der Waals surface area contributed by atoms with E-state index in [1.54, 1.807) is 13.3 Å². The van der Waals surface area contributed by atoms with Crippen LogP contribution in [-0.4, -0.2) is 43.3 Å². The molecule has 1 N–H and O–H groups in total. The van der Waals surface area contributed by atoms with Gasteiger partial charge in [-0.05, 0) is 13.0 Å². The lowest BCUT2D eigenvalue weighted by molar-refractivity contribution is 0.170. The van der Waals surface area contributed by atoms with Crippen molar-refractivity contribution < 1.29 is 9.47 Å². The SMILES string of the molecule is CCNC(c1c(Cl)cnn1CCOC)C1CCOC1. The normalized spacial score (nSPS) is 20.9. The van der Waals surface area contributed by atoms with E-state index in [2.05, 4.69) is 17.3 Å². The number of halogens is 1. The largest absolute Gasteiger partial charge is 0.383 e. The molecule has 0 spiro atoms. The zero-order valence-corrected chi connectivity index (χ0v) is 12.3. The molecule has 0 aromatic carbocycles. The highest BCUT2D eigenvalue weighted by atomic mass is 35.5. The number of hydrogen-bond donors (Lipinski definition) is 1. The Labute approximate surface area is 119 Å². The predicted octanol–water partition coefficient (Wildman–Crippen LogP) is 1.87. The van der Waals surface area contributed by atoms with Crippen molar-refractivity contribution in [1.29, 1.82) is 0 Å². The molecular weight excluding hydrogens is 266 g/mol. The fraction of sp³-hybridized carbons (Fsp3) is 0.769. The van der Waals surface area contributed by atoms with Crippen LogP contribution in [0.25, 0.3) is 0 Å². The van der Waals surface area contributed by atoms with Gasteiger partial charge in [0, 0.05) is 19.6 Å². The maximum absolute atomic E-state index is 6.33. The van der Waals surface area contributed by atoms with Crippen LogP contribution in [0.5, 0.6) is 0 Å². The van der Waals surface area contributed by atoms with E-state index in [-0.39, 0.29) is 6.04 Å². The van der Waals surface area contributed by atoms with Crippen LogP contribution in [0.2, 0.25) is 5.02 Å². The molecule has 2 unspecified atom stereocenters. The van der Waals surface area contributed by atoms with Gasteiger partial charge >= 0.3 is 0 Å². The predicted molar refractivity (Wildman–Crippen MR) is 74.5 cm³/mol. The molecule has 6 heteroatoms. The molecule has 0 bridgehead atoms. The second-order valence-electron chi connectivity index (χ2n) is 4.75. The Morgan fingerprint density at radius 3 is 3.16 bits per heavy atom. The molecule has 0 aliphatic carbocycles. The molecule has 1 fully saturated rings. The maximum Gasteiger partial charge on any atom is 0.0834 e. The molecular formula is C13H22ClN3O2. The van der Waals surface area contributed by atoms with E-state index in [1.807, 2.05) is 4.68 Å². The number of hydrogen-bond acceptors (Lipinski definition) is 4. The average molecular weight is 288 g/mol. The summed E-state index contributed by atoms with van der Waals surface area (Å²) in [7, 11) is 1.69. The van der Waals surface area contributed by atoms with E-state index in [9.17, 15) is 0 Å². The average Bonchev–Trinajstić information content (AvgIpc) is 3.04. The number of aromatic nitrogens is 2. The van der Waals surface area contributed by atoms with Crippen LogP contribution in [0.1, 0.15) is 25.1 Å². The lowest BCUT2D eigenvalue weighted by Gasteiger charge is -2.24. The van der Waals surface area contributed by atoms with Crippen LogP contribution in [0.3, 0.4) is 0 Å². The van der Waals surface area contributed by atoms with Gasteiger partial charge in [0.15, 0.2) is 0 Å². The van der Waals surface area contributed by atoms with E-state index in [0.717, 1.165) is 31.9 Å². The molecule has 0 amide bonds. The molecule has 108 valence electrons. The van der Waals surface area contributed by atoms with Crippen molar-refractivity contribution in [2.24, 2.45) is 5.92 Å². The van der Waals surface area contributed by atoms with Crippen molar-refractivity contribution in [2.45, 2.75) is 25.9 Å². The van der Waals surface area contributed by atoms with Crippen LogP contribution < -0.4 is 5.32 Å². The van der Waals surface area contributed by atoms with E-state index in [0.29, 0.717) is 24.1 Å². The van der Waals surface area contributed by atoms with Gasteiger partial charge < -0.3 is 14.8 Å². The third-order valence-corrected chi connectivity index (χ3v) is 3.79. The van der Waals surface area contributed by atoms with Gasteiger partial charge in [-0.3, -0.25) is 4.68 Å². The fourth-order valence-electron chi connectivity index (χ4n) is 2.56. The Morgan fingerprint density at radius 2 is 2.53 bits per heavy atom. The number of methoxy groups -OCH3 is 1. The Bertz CT molecular complexity index is 391. The first-order valence-electron chi connectivity index (χ1n) is 6.79. The van der Waals surface area contributed by atoms with Crippen molar-refractivity contribution >= 4 is 11.6 Å². The van der Waals surface area contributed by atoms with Crippen LogP contribution in [-0.2, 0) is 16.0 Å². The fourth-order valence-corrected chi connectivity index (χ4v) is 2.82. The van der Waals surface area contributed by atoms with Gasteiger partial charge in [-0.25, -0.2) is 0 Å². The molecule has 0 saturated carbocycles. The quantitative estimate of drug-likeness (QED) is 0.832. The molecule has 0 radical (unpaired) electrons. The van der Waals surface area contributed by atoms with Crippen LogP contribution in [0.15, 0.2) is 6.20 Å². The summed E-state index contributed by atoms with van der Waals surface area (Å²) < 4.78 is 12.6. The van der Waals surface area contributed by atoms with Crippen molar-refractivity contribution in [2.75, 3.05) is 33.5 Å². The standard InChI is InChI=1S/C13H22ClN3O2/c1-3-15-12(10-4-6-19-9-10)13-11(14)8-16-17(13)5-7-18-2/h8,10,12,15H,3-7,9H2,1-2H3. The Morgan fingerprint density at radius 1 is 1.68 bits per heavy atom. The maximum atomic E-state index is 6.33. The van der Waals surface area contributed by atoms with Gasteiger partial charge in [-0.2, -0.15) is 5.10 Å². The summed E-state index contributed by atoms with van der Waals surface area (Å²) >= 11 is 6.33. The summed E-state index contributed by atoms with van der Waals surface area (Å²) in [5, 5.41) is 8.59. The smallest absolute Gasteiger partial charge is 0.0834 e. The van der Waals surface area contributed by atoms with Crippen LogP contribution in [0, 0.1) is 5.92 Å². The summed E-state index contributed by atoms with van der Waals surface area (Å²) in [5.74, 6) is 0.454. The van der Waals surface area contributed by atoms with Gasteiger partial charge in [0.25, 0.3) is 0 Å². The minimum absolute atomic E-state index is 0.194. The molecule has 1 aromatic rings. The Kier molecular flexibility index (Phi) is 5.63. The Balaban J connectivity index is 2.21. The Hall–Kier alpha value is -0.620. The van der Waals surface area contributed by atoms with E-state index in [4.69, 9.17) is 21.1 Å². The second-order valence-corrected chi connectivity index (χ2v) is 5.16. The monoisotopic (exact) mass is 287 g/mol. The number of nitrogens with zero attached hydrogens (tertiary/aromatic N) is 2. The van der Waals surface area contributed by atoms with Gasteiger partial charge in [0.05, 0.1) is 42.7 Å². The van der Waals surface area contributed by atoms with E-state index in [1.165, 1.54) is 0 Å². The summed E-state index contributed by atoms with van der Waals surface area (Å²) in [4.78, 5) is 0. The first-order chi connectivity index (χ1) is 9.27. The first-order valence-corrected chi connectivity index (χ1v) is 7.17. The summed E-state index contributed by atoms with van der Waals surface area (Å²) in [6.07, 6.45) is 2.77. The second kappa shape index (κ2) is 7.24. The summed E-state index contributed by atoms with van der Waals surface area (Å²) in [6, 6.07) is 0.194. The zero-order chi connectivity index (χ0) is 13.7. The number of rotatable bonds is 7. The molecule has 19 heavy (non-hydrogen) atoms. The molecule has 5 nitrogen and oxygen atoms in total. The molecule has 2 rings (SSSR count). The van der Waals surface area contributed by atoms with Crippen LogP contribution in [0.4, 0.5) is 0 Å². The molecule has 1 aromatic heterocycles. The molecule has 1 aliphatic heterocycles. The number of ether oxygens (including phenoxy) is 2. The van der Waals surface area contributed by atoms with Crippen molar-refractivity contribution in [3.63, 3.8) is 0 Å². The lowest BCUT2D eigenvalue weighted by Crippen LogP contribution is -2.31. The highest BCUT2D eigenvalue weighted by molar-refractivity contribution is 6.31. The van der Waals surface area contributed by atoms with E-state index >= 15 is 0 Å². The van der Waals surface area contributed by atoms with Gasteiger partial charge in [-0.15, -0.1) is 0 Å². The minimum Gasteiger partial charge on any atom is -0.383 e. The van der Waals surface area contributed by atoms with Gasteiger partial charge in [0.2, 0.25) is 0 Å². The third kappa shape index (κ3) is 3.48. The first kappa shape index (κ1) is 14.8. The van der Waals surface area contributed by atoms with Crippen LogP contribution >= 0.6 is 11.6 Å². The lowest BCUT2D eigenvalue weighted by atomic mass is 9.96. The molecule has 1 aliphatic rings. The highest BCUT2D eigenvalue weighted by Gasteiger charge is 2.30. The molecule has 1 saturated heterocycles. The van der Waals surface area contributed by atoms with Gasteiger partial charge in [0.1, 0.15) is 0 Å². The zero-order valence-electron chi connectivity index (χ0n) is 11.6. The number of nitrogens with one attached hydrogen (secondary N) is 1. The third-order valence-electron chi connectivity index (χ3n) is 3.50. The molecule has 2 heterocycles. The minimum atomic E-state index is 0.194. The summed E-state index contributed by atoms with van der Waals surface area (Å²) in [5.41, 5.74) is 1.05. The molecule has 2 atom stereocenters. The van der Waals surface area contributed by atoms with E-state index < -0.39 is 0 Å². The van der Waals surface area contributed by atoms with Crippen molar-refractivity contribution in [3.05, 3.63) is 16.9 Å². The highest BCUT2D eigenvalue weighted by Crippen LogP contribution is 2.32.